The van der Waals surface area contributed by atoms with Crippen LogP contribution in [0.25, 0.3) is 11.0 Å². The van der Waals surface area contributed by atoms with Crippen molar-refractivity contribution in [1.82, 2.24) is 9.97 Å². The Bertz CT molecular complexity index is 707. The molecule has 0 radical (unpaired) electrons. The van der Waals surface area contributed by atoms with Gasteiger partial charge in [0.15, 0.2) is 0 Å². The van der Waals surface area contributed by atoms with E-state index in [-0.39, 0.29) is 0 Å². The summed E-state index contributed by atoms with van der Waals surface area (Å²) in [4.78, 5) is 7.59. The van der Waals surface area contributed by atoms with Gasteiger partial charge in [0.05, 0.1) is 11.0 Å². The summed E-state index contributed by atoms with van der Waals surface area (Å²) in [6.45, 7) is 0.369. The van der Waals surface area contributed by atoms with E-state index in [1.807, 2.05) is 30.3 Å². The quantitative estimate of drug-likeness (QED) is 0.774. The van der Waals surface area contributed by atoms with Crippen molar-refractivity contribution in [3.63, 3.8) is 0 Å². The van der Waals surface area contributed by atoms with E-state index < -0.39 is 0 Å². The monoisotopic (exact) mass is 292 g/mol. The van der Waals surface area contributed by atoms with Crippen LogP contribution in [0.5, 0.6) is 5.75 Å². The number of ether oxygens (including phenoxy) is 1. The van der Waals surface area contributed by atoms with E-state index in [0.717, 1.165) is 22.6 Å². The van der Waals surface area contributed by atoms with Gasteiger partial charge in [-0.25, -0.2) is 4.98 Å². The second-order valence-corrected chi connectivity index (χ2v) is 4.96. The molecule has 0 amide bonds. The number of fused-ring (bicyclic) bond motifs is 1. The standard InChI is InChI=1S/C14H10Cl2N2O/c15-9-1-4-11(5-2-9)19-8-14-17-12-6-3-10(16)7-13(12)18-14/h1-7H,8H2,(H,17,18). The second kappa shape index (κ2) is 5.11. The van der Waals surface area contributed by atoms with Gasteiger partial charge in [-0.15, -0.1) is 0 Å². The SMILES string of the molecule is Clc1ccc(OCc2nc3ccc(Cl)cc3[nH]2)cc1. The van der Waals surface area contributed by atoms with E-state index in [1.165, 1.54) is 0 Å². The molecule has 1 N–H and O–H groups in total. The van der Waals surface area contributed by atoms with Crippen molar-refractivity contribution >= 4 is 34.2 Å². The van der Waals surface area contributed by atoms with Crippen molar-refractivity contribution in [2.75, 3.05) is 0 Å². The number of nitrogens with one attached hydrogen (secondary N) is 1. The van der Waals surface area contributed by atoms with Gasteiger partial charge in [-0.1, -0.05) is 23.2 Å². The summed E-state index contributed by atoms with van der Waals surface area (Å²) < 4.78 is 5.62. The molecule has 0 aliphatic heterocycles. The molecule has 0 aliphatic carbocycles. The number of aromatic amines is 1. The molecule has 0 fully saturated rings. The Balaban J connectivity index is 1.76. The number of imidazole rings is 1. The molecule has 3 rings (SSSR count). The van der Waals surface area contributed by atoms with Gasteiger partial charge in [-0.05, 0) is 42.5 Å². The molecule has 2 aromatic carbocycles. The minimum Gasteiger partial charge on any atom is -0.486 e. The fourth-order valence-corrected chi connectivity index (χ4v) is 2.08. The molecule has 0 bridgehead atoms. The molecular formula is C14H10Cl2N2O. The van der Waals surface area contributed by atoms with Gasteiger partial charge in [-0.2, -0.15) is 0 Å². The normalized spacial score (nSPS) is 10.8. The van der Waals surface area contributed by atoms with E-state index in [2.05, 4.69) is 9.97 Å². The molecule has 1 aromatic heterocycles. The average molecular weight is 293 g/mol. The smallest absolute Gasteiger partial charge is 0.146 e. The summed E-state index contributed by atoms with van der Waals surface area (Å²) in [5, 5.41) is 1.37. The predicted molar refractivity (Wildman–Crippen MR) is 76.9 cm³/mol. The Hall–Kier alpha value is -1.71. The van der Waals surface area contributed by atoms with Crippen LogP contribution in [0, 0.1) is 0 Å². The lowest BCUT2D eigenvalue weighted by molar-refractivity contribution is 0.297. The molecule has 3 aromatic rings. The third kappa shape index (κ3) is 2.83. The Kier molecular flexibility index (Phi) is 3.32. The van der Waals surface area contributed by atoms with Crippen molar-refractivity contribution in [1.29, 1.82) is 0 Å². The fraction of sp³-hybridized carbons (Fsp3) is 0.0714. The number of halogens is 2. The number of hydrogen-bond acceptors (Lipinski definition) is 2. The van der Waals surface area contributed by atoms with E-state index in [9.17, 15) is 0 Å². The lowest BCUT2D eigenvalue weighted by Crippen LogP contribution is -1.97. The third-order valence-corrected chi connectivity index (χ3v) is 3.17. The first kappa shape index (κ1) is 12.3. The van der Waals surface area contributed by atoms with Crippen molar-refractivity contribution < 1.29 is 4.74 Å². The van der Waals surface area contributed by atoms with Crippen LogP contribution >= 0.6 is 23.2 Å². The molecule has 0 unspecified atom stereocenters. The minimum atomic E-state index is 0.369. The van der Waals surface area contributed by atoms with Crippen LogP contribution < -0.4 is 4.74 Å². The highest BCUT2D eigenvalue weighted by Crippen LogP contribution is 2.19. The molecule has 0 saturated carbocycles. The van der Waals surface area contributed by atoms with Crippen LogP contribution in [0.3, 0.4) is 0 Å². The van der Waals surface area contributed by atoms with Gasteiger partial charge in [0, 0.05) is 10.0 Å². The molecule has 0 atom stereocenters. The zero-order valence-corrected chi connectivity index (χ0v) is 11.4. The van der Waals surface area contributed by atoms with Crippen LogP contribution in [0.1, 0.15) is 5.82 Å². The molecular weight excluding hydrogens is 283 g/mol. The van der Waals surface area contributed by atoms with Crippen LogP contribution in [0.4, 0.5) is 0 Å². The van der Waals surface area contributed by atoms with Gasteiger partial charge in [0.1, 0.15) is 18.2 Å². The van der Waals surface area contributed by atoms with Crippen molar-refractivity contribution in [2.24, 2.45) is 0 Å². The molecule has 96 valence electrons. The van der Waals surface area contributed by atoms with E-state index in [0.29, 0.717) is 16.7 Å². The van der Waals surface area contributed by atoms with Crippen LogP contribution in [-0.2, 0) is 6.61 Å². The summed E-state index contributed by atoms with van der Waals surface area (Å²) in [6.07, 6.45) is 0. The Labute approximate surface area is 120 Å². The second-order valence-electron chi connectivity index (χ2n) is 4.09. The van der Waals surface area contributed by atoms with E-state index >= 15 is 0 Å². The highest BCUT2D eigenvalue weighted by molar-refractivity contribution is 6.31. The maximum Gasteiger partial charge on any atom is 0.146 e. The van der Waals surface area contributed by atoms with E-state index in [4.69, 9.17) is 27.9 Å². The number of hydrogen-bond donors (Lipinski definition) is 1. The summed E-state index contributed by atoms with van der Waals surface area (Å²) in [5.74, 6) is 1.51. The summed E-state index contributed by atoms with van der Waals surface area (Å²) in [7, 11) is 0. The third-order valence-electron chi connectivity index (χ3n) is 2.68. The van der Waals surface area contributed by atoms with Crippen molar-refractivity contribution in [3.05, 3.63) is 58.3 Å². The number of benzene rings is 2. The van der Waals surface area contributed by atoms with Gasteiger partial charge in [0.2, 0.25) is 0 Å². The lowest BCUT2D eigenvalue weighted by atomic mass is 10.3. The maximum absolute atomic E-state index is 5.92. The topological polar surface area (TPSA) is 37.9 Å². The largest absolute Gasteiger partial charge is 0.486 e. The molecule has 5 heteroatoms. The van der Waals surface area contributed by atoms with Crippen molar-refractivity contribution in [2.45, 2.75) is 6.61 Å². The number of nitrogens with zero attached hydrogens (tertiary/aromatic N) is 1. The number of H-pyrrole nitrogens is 1. The van der Waals surface area contributed by atoms with Crippen molar-refractivity contribution in [3.8, 4) is 5.75 Å². The summed E-state index contributed by atoms with van der Waals surface area (Å²) >= 11 is 11.7. The summed E-state index contributed by atoms with van der Waals surface area (Å²) in [5.41, 5.74) is 1.78. The Morgan fingerprint density at radius 2 is 1.74 bits per heavy atom. The molecule has 0 saturated heterocycles. The first-order chi connectivity index (χ1) is 9.20. The Morgan fingerprint density at radius 3 is 2.53 bits per heavy atom. The predicted octanol–water partition coefficient (Wildman–Crippen LogP) is 4.45. The van der Waals surface area contributed by atoms with Gasteiger partial charge >= 0.3 is 0 Å². The fourth-order valence-electron chi connectivity index (χ4n) is 1.79. The zero-order valence-electron chi connectivity index (χ0n) is 9.86. The van der Waals surface area contributed by atoms with E-state index in [1.54, 1.807) is 12.1 Å². The van der Waals surface area contributed by atoms with Crippen LogP contribution in [0.2, 0.25) is 10.0 Å². The number of rotatable bonds is 3. The molecule has 19 heavy (non-hydrogen) atoms. The maximum atomic E-state index is 5.92. The van der Waals surface area contributed by atoms with Crippen LogP contribution in [0.15, 0.2) is 42.5 Å². The molecule has 0 aliphatic rings. The van der Waals surface area contributed by atoms with Crippen LogP contribution in [-0.4, -0.2) is 9.97 Å². The molecule has 1 heterocycles. The Morgan fingerprint density at radius 1 is 1.00 bits per heavy atom. The highest BCUT2D eigenvalue weighted by atomic mass is 35.5. The minimum absolute atomic E-state index is 0.369. The lowest BCUT2D eigenvalue weighted by Gasteiger charge is -2.03. The number of aromatic nitrogens is 2. The first-order valence-electron chi connectivity index (χ1n) is 5.73. The van der Waals surface area contributed by atoms with Gasteiger partial charge in [-0.3, -0.25) is 0 Å². The van der Waals surface area contributed by atoms with Gasteiger partial charge < -0.3 is 9.72 Å². The zero-order chi connectivity index (χ0) is 13.2. The molecule has 0 spiro atoms. The molecule has 3 nitrogen and oxygen atoms in total. The highest BCUT2D eigenvalue weighted by Gasteiger charge is 2.04. The first-order valence-corrected chi connectivity index (χ1v) is 6.49. The van der Waals surface area contributed by atoms with Gasteiger partial charge in [0.25, 0.3) is 0 Å². The average Bonchev–Trinajstić information content (AvgIpc) is 2.80. The summed E-state index contributed by atoms with van der Waals surface area (Å²) in [6, 6.07) is 12.7.